The molecule has 190 valence electrons. The van der Waals surface area contributed by atoms with Crippen LogP contribution in [0.25, 0.3) is 21.9 Å². The van der Waals surface area contributed by atoms with E-state index in [1.807, 2.05) is 54.6 Å². The number of amides is 2. The summed E-state index contributed by atoms with van der Waals surface area (Å²) < 4.78 is 0. The Kier molecular flexibility index (Phi) is 7.55. The van der Waals surface area contributed by atoms with Crippen molar-refractivity contribution in [3.05, 3.63) is 126 Å². The first kappa shape index (κ1) is 24.9. The maximum absolute atomic E-state index is 12.2. The Morgan fingerprint density at radius 3 is 2.21 bits per heavy atom. The third kappa shape index (κ3) is 5.95. The van der Waals surface area contributed by atoms with Crippen LogP contribution in [-0.2, 0) is 12.8 Å². The first-order chi connectivity index (χ1) is 18.6. The summed E-state index contributed by atoms with van der Waals surface area (Å²) in [6.45, 7) is 0.569. The lowest BCUT2D eigenvalue weighted by Gasteiger charge is -2.17. The quantitative estimate of drug-likeness (QED) is 0.169. The molecular formula is C33H30N2O3. The Hall–Kier alpha value is -4.77. The summed E-state index contributed by atoms with van der Waals surface area (Å²) in [7, 11) is 0. The number of phenols is 2. The number of hydrogen-bond acceptors (Lipinski definition) is 3. The van der Waals surface area contributed by atoms with Crippen molar-refractivity contribution >= 4 is 22.5 Å². The minimum Gasteiger partial charge on any atom is -0.508 e. The van der Waals surface area contributed by atoms with E-state index < -0.39 is 0 Å². The lowest BCUT2D eigenvalue weighted by atomic mass is 9.88. The molecule has 0 saturated heterocycles. The number of carbonyl (C=O) groups is 1. The molecule has 0 radical (unpaired) electrons. The first-order valence-corrected chi connectivity index (χ1v) is 12.8. The van der Waals surface area contributed by atoms with E-state index in [4.69, 9.17) is 0 Å². The maximum Gasteiger partial charge on any atom is 0.319 e. The maximum atomic E-state index is 12.2. The van der Waals surface area contributed by atoms with Crippen molar-refractivity contribution in [2.45, 2.75) is 19.3 Å². The van der Waals surface area contributed by atoms with E-state index in [9.17, 15) is 15.0 Å². The van der Waals surface area contributed by atoms with Crippen LogP contribution < -0.4 is 10.6 Å². The molecule has 5 aromatic rings. The summed E-state index contributed by atoms with van der Waals surface area (Å²) >= 11 is 0. The summed E-state index contributed by atoms with van der Waals surface area (Å²) in [6.07, 6.45) is 2.37. The number of hydrogen-bond donors (Lipinski definition) is 4. The predicted molar refractivity (Wildman–Crippen MR) is 154 cm³/mol. The number of urea groups is 1. The molecule has 0 spiro atoms. The zero-order valence-electron chi connectivity index (χ0n) is 21.0. The molecule has 0 aliphatic carbocycles. The van der Waals surface area contributed by atoms with Crippen LogP contribution in [0.4, 0.5) is 10.5 Å². The molecule has 5 aromatic carbocycles. The fourth-order valence-corrected chi connectivity index (χ4v) is 4.83. The van der Waals surface area contributed by atoms with Crippen LogP contribution >= 0.6 is 0 Å². The van der Waals surface area contributed by atoms with Crippen LogP contribution in [-0.4, -0.2) is 22.8 Å². The molecule has 0 unspecified atom stereocenters. The predicted octanol–water partition coefficient (Wildman–Crippen LogP) is 7.26. The highest BCUT2D eigenvalue weighted by molar-refractivity contribution is 5.93. The van der Waals surface area contributed by atoms with E-state index in [2.05, 4.69) is 41.0 Å². The molecule has 38 heavy (non-hydrogen) atoms. The highest BCUT2D eigenvalue weighted by atomic mass is 16.3. The second-order valence-electron chi connectivity index (χ2n) is 9.34. The SMILES string of the molecule is O=C(NCCCc1ccccc1Cc1c(-c2ccc(O)cc2)ccc2cc(O)ccc12)Nc1ccccc1. The average Bonchev–Trinajstić information content (AvgIpc) is 2.93. The van der Waals surface area contributed by atoms with Gasteiger partial charge >= 0.3 is 6.03 Å². The number of aryl methyl sites for hydroxylation is 1. The average molecular weight is 503 g/mol. The summed E-state index contributed by atoms with van der Waals surface area (Å²) in [6, 6.07) is 34.5. The Bertz CT molecular complexity index is 1550. The second-order valence-corrected chi connectivity index (χ2v) is 9.34. The van der Waals surface area contributed by atoms with Crippen LogP contribution in [0.15, 0.2) is 109 Å². The number of rotatable bonds is 8. The number of benzene rings is 5. The molecule has 4 N–H and O–H groups in total. The highest BCUT2D eigenvalue weighted by Gasteiger charge is 2.13. The first-order valence-electron chi connectivity index (χ1n) is 12.8. The molecule has 0 fully saturated rings. The molecule has 5 nitrogen and oxygen atoms in total. The molecule has 0 saturated carbocycles. The Labute approximate surface area is 222 Å². The third-order valence-electron chi connectivity index (χ3n) is 6.72. The van der Waals surface area contributed by atoms with Gasteiger partial charge in [-0.3, -0.25) is 0 Å². The minimum absolute atomic E-state index is 0.206. The topological polar surface area (TPSA) is 81.6 Å². The molecule has 2 amide bonds. The van der Waals surface area contributed by atoms with Crippen LogP contribution in [0.1, 0.15) is 23.1 Å². The normalized spacial score (nSPS) is 10.8. The van der Waals surface area contributed by atoms with Gasteiger partial charge in [0.2, 0.25) is 0 Å². The minimum atomic E-state index is -0.206. The summed E-state index contributed by atoms with van der Waals surface area (Å²) in [5.74, 6) is 0.474. The molecular weight excluding hydrogens is 472 g/mol. The fourth-order valence-electron chi connectivity index (χ4n) is 4.83. The van der Waals surface area contributed by atoms with Crippen LogP contribution in [0.3, 0.4) is 0 Å². The van der Waals surface area contributed by atoms with E-state index >= 15 is 0 Å². The highest BCUT2D eigenvalue weighted by Crippen LogP contribution is 2.35. The van der Waals surface area contributed by atoms with Crippen molar-refractivity contribution in [2.75, 3.05) is 11.9 Å². The number of nitrogens with one attached hydrogen (secondary N) is 2. The van der Waals surface area contributed by atoms with Crippen molar-refractivity contribution in [1.29, 1.82) is 0 Å². The number of para-hydroxylation sites is 1. The summed E-state index contributed by atoms with van der Waals surface area (Å²) in [4.78, 5) is 12.2. The molecule has 0 aliphatic rings. The smallest absolute Gasteiger partial charge is 0.319 e. The van der Waals surface area contributed by atoms with E-state index in [1.54, 1.807) is 24.3 Å². The van der Waals surface area contributed by atoms with Crippen LogP contribution in [0.5, 0.6) is 11.5 Å². The Morgan fingerprint density at radius 1 is 0.711 bits per heavy atom. The largest absolute Gasteiger partial charge is 0.508 e. The van der Waals surface area contributed by atoms with Gasteiger partial charge in [0.25, 0.3) is 0 Å². The third-order valence-corrected chi connectivity index (χ3v) is 6.72. The Balaban J connectivity index is 1.35. The van der Waals surface area contributed by atoms with Crippen molar-refractivity contribution in [3.63, 3.8) is 0 Å². The van der Waals surface area contributed by atoms with Gasteiger partial charge in [-0.2, -0.15) is 0 Å². The lowest BCUT2D eigenvalue weighted by molar-refractivity contribution is 0.252. The standard InChI is InChI=1S/C33H30N2O3/c36-28-15-12-24(13-16-28)30-18-14-26-21-29(37)17-19-31(26)32(30)22-25-8-5-4-7-23(25)9-6-20-34-33(38)35-27-10-2-1-3-11-27/h1-5,7-8,10-19,21,36-37H,6,9,20,22H2,(H2,34,35,38). The van der Waals surface area contributed by atoms with Crippen molar-refractivity contribution in [3.8, 4) is 22.6 Å². The van der Waals surface area contributed by atoms with Gasteiger partial charge in [0.15, 0.2) is 0 Å². The van der Waals surface area contributed by atoms with E-state index in [-0.39, 0.29) is 17.5 Å². The number of phenolic OH excluding ortho intramolecular Hbond substituents is 2. The molecule has 0 bridgehead atoms. The van der Waals surface area contributed by atoms with Gasteiger partial charge < -0.3 is 20.8 Å². The number of carbonyl (C=O) groups excluding carboxylic acids is 1. The number of anilines is 1. The molecule has 5 rings (SSSR count). The summed E-state index contributed by atoms with van der Waals surface area (Å²) in [5, 5.41) is 27.7. The second kappa shape index (κ2) is 11.5. The van der Waals surface area contributed by atoms with E-state index in [1.165, 1.54) is 16.7 Å². The fraction of sp³-hybridized carbons (Fsp3) is 0.121. The molecule has 5 heteroatoms. The molecule has 0 heterocycles. The number of aromatic hydroxyl groups is 2. The van der Waals surface area contributed by atoms with E-state index in [0.717, 1.165) is 46.8 Å². The van der Waals surface area contributed by atoms with Gasteiger partial charge in [0.1, 0.15) is 11.5 Å². The molecule has 0 aromatic heterocycles. The van der Waals surface area contributed by atoms with Gasteiger partial charge in [0.05, 0.1) is 0 Å². The van der Waals surface area contributed by atoms with Gasteiger partial charge in [-0.25, -0.2) is 4.79 Å². The van der Waals surface area contributed by atoms with Gasteiger partial charge in [-0.15, -0.1) is 0 Å². The summed E-state index contributed by atoms with van der Waals surface area (Å²) in [5.41, 5.74) is 6.52. The van der Waals surface area contributed by atoms with Gasteiger partial charge in [-0.05, 0) is 94.3 Å². The Morgan fingerprint density at radius 2 is 1.42 bits per heavy atom. The monoisotopic (exact) mass is 502 g/mol. The van der Waals surface area contributed by atoms with Crippen molar-refractivity contribution < 1.29 is 15.0 Å². The van der Waals surface area contributed by atoms with Crippen molar-refractivity contribution in [2.24, 2.45) is 0 Å². The van der Waals surface area contributed by atoms with Gasteiger partial charge in [-0.1, -0.05) is 72.8 Å². The molecule has 0 atom stereocenters. The zero-order chi connectivity index (χ0) is 26.3. The van der Waals surface area contributed by atoms with Crippen LogP contribution in [0, 0.1) is 0 Å². The van der Waals surface area contributed by atoms with Crippen LogP contribution in [0.2, 0.25) is 0 Å². The zero-order valence-corrected chi connectivity index (χ0v) is 21.0. The number of fused-ring (bicyclic) bond motifs is 1. The molecule has 0 aliphatic heterocycles. The van der Waals surface area contributed by atoms with E-state index in [0.29, 0.717) is 6.54 Å². The lowest BCUT2D eigenvalue weighted by Crippen LogP contribution is -2.29. The van der Waals surface area contributed by atoms with Gasteiger partial charge in [0, 0.05) is 12.2 Å². The van der Waals surface area contributed by atoms with Crippen molar-refractivity contribution in [1.82, 2.24) is 5.32 Å².